The Labute approximate surface area is 82.7 Å². The molecule has 1 aromatic carbocycles. The minimum atomic E-state index is -4.66. The van der Waals surface area contributed by atoms with Crippen molar-refractivity contribution in [3.63, 3.8) is 0 Å². The van der Waals surface area contributed by atoms with Crippen molar-refractivity contribution >= 4 is 0 Å². The Balaban J connectivity index is 3.18. The lowest BCUT2D eigenvalue weighted by Gasteiger charge is -2.17. The number of alkyl halides is 5. The maximum absolute atomic E-state index is 12.4. The first kappa shape index (κ1) is 11.9. The lowest BCUT2D eigenvalue weighted by Crippen LogP contribution is -2.23. The molecule has 1 aromatic rings. The molecule has 0 aliphatic carbocycles. The summed E-state index contributed by atoms with van der Waals surface area (Å²) in [5.41, 5.74) is 3.29. The van der Waals surface area contributed by atoms with Gasteiger partial charge < -0.3 is 5.73 Å². The Morgan fingerprint density at radius 3 is 2.07 bits per heavy atom. The van der Waals surface area contributed by atoms with Gasteiger partial charge in [0.15, 0.2) is 0 Å². The van der Waals surface area contributed by atoms with E-state index in [1.54, 1.807) is 0 Å². The molecule has 0 bridgehead atoms. The number of halogens is 5. The highest BCUT2D eigenvalue weighted by atomic mass is 19.4. The molecule has 84 valence electrons. The molecule has 15 heavy (non-hydrogen) atoms. The molecule has 0 saturated heterocycles. The minimum absolute atomic E-state index is 0.583. The van der Waals surface area contributed by atoms with Gasteiger partial charge in [0, 0.05) is 0 Å². The van der Waals surface area contributed by atoms with E-state index < -0.39 is 29.8 Å². The van der Waals surface area contributed by atoms with Gasteiger partial charge >= 0.3 is 6.18 Å². The fraction of sp³-hybridized carbons (Fsp3) is 0.333. The van der Waals surface area contributed by atoms with Crippen LogP contribution in [0.25, 0.3) is 0 Å². The van der Waals surface area contributed by atoms with Gasteiger partial charge in [0.25, 0.3) is 6.43 Å². The summed E-state index contributed by atoms with van der Waals surface area (Å²) in [5.74, 6) is 0. The normalized spacial score (nSPS) is 14.3. The maximum Gasteiger partial charge on any atom is 0.416 e. The van der Waals surface area contributed by atoms with Crippen molar-refractivity contribution < 1.29 is 22.0 Å². The number of hydrogen-bond donors (Lipinski definition) is 1. The molecule has 0 spiro atoms. The highest BCUT2D eigenvalue weighted by molar-refractivity contribution is 5.32. The Morgan fingerprint density at radius 1 is 1.07 bits per heavy atom. The van der Waals surface area contributed by atoms with Crippen molar-refractivity contribution in [2.75, 3.05) is 0 Å². The summed E-state index contributed by atoms with van der Waals surface area (Å²) in [4.78, 5) is 0. The van der Waals surface area contributed by atoms with E-state index in [1.165, 1.54) is 6.07 Å². The number of hydrogen-bond acceptors (Lipinski definition) is 1. The molecule has 0 amide bonds. The van der Waals surface area contributed by atoms with Crippen molar-refractivity contribution in [1.82, 2.24) is 0 Å². The van der Waals surface area contributed by atoms with E-state index in [0.717, 1.165) is 18.2 Å². The van der Waals surface area contributed by atoms with E-state index in [-0.39, 0.29) is 0 Å². The summed E-state index contributed by atoms with van der Waals surface area (Å²) in [6.45, 7) is 0. The quantitative estimate of drug-likeness (QED) is 0.769. The fourth-order valence-electron chi connectivity index (χ4n) is 1.18. The van der Waals surface area contributed by atoms with Gasteiger partial charge in [0.05, 0.1) is 11.6 Å². The molecule has 2 N–H and O–H groups in total. The van der Waals surface area contributed by atoms with Crippen molar-refractivity contribution in [1.29, 1.82) is 0 Å². The second-order valence-corrected chi connectivity index (χ2v) is 2.95. The standard InChI is InChI=1S/C9H8F5N/c10-8(11)7(15)5-3-1-2-4-6(5)9(12,13)14/h1-4,7-8H,15H2/t7-/m0/s1. The molecule has 0 saturated carbocycles. The summed E-state index contributed by atoms with van der Waals surface area (Å²) in [7, 11) is 0. The Morgan fingerprint density at radius 2 is 1.60 bits per heavy atom. The van der Waals surface area contributed by atoms with Crippen LogP contribution in [0, 0.1) is 0 Å². The number of benzene rings is 1. The zero-order chi connectivity index (χ0) is 11.6. The van der Waals surface area contributed by atoms with Crippen LogP contribution in [0.15, 0.2) is 24.3 Å². The first-order chi connectivity index (χ1) is 6.84. The van der Waals surface area contributed by atoms with Gasteiger partial charge in [0.1, 0.15) is 0 Å². The van der Waals surface area contributed by atoms with Crippen molar-refractivity contribution in [2.24, 2.45) is 5.73 Å². The second-order valence-electron chi connectivity index (χ2n) is 2.95. The van der Waals surface area contributed by atoms with Gasteiger partial charge in [-0.15, -0.1) is 0 Å². The zero-order valence-electron chi connectivity index (χ0n) is 7.43. The third-order valence-electron chi connectivity index (χ3n) is 1.90. The van der Waals surface area contributed by atoms with Crippen molar-refractivity contribution in [3.8, 4) is 0 Å². The van der Waals surface area contributed by atoms with Gasteiger partial charge in [0.2, 0.25) is 0 Å². The lowest BCUT2D eigenvalue weighted by atomic mass is 10.0. The fourth-order valence-corrected chi connectivity index (χ4v) is 1.18. The SMILES string of the molecule is N[C@@H](c1ccccc1C(F)(F)F)C(F)F. The predicted octanol–water partition coefficient (Wildman–Crippen LogP) is 2.97. The highest BCUT2D eigenvalue weighted by Gasteiger charge is 2.35. The molecule has 0 fully saturated rings. The van der Waals surface area contributed by atoms with Crippen LogP contribution in [0.5, 0.6) is 0 Å². The average molecular weight is 225 g/mol. The van der Waals surface area contributed by atoms with Gasteiger partial charge in [-0.3, -0.25) is 0 Å². The van der Waals surface area contributed by atoms with Crippen LogP contribution in [0.2, 0.25) is 0 Å². The Bertz CT molecular complexity index is 334. The van der Waals surface area contributed by atoms with E-state index in [1.807, 2.05) is 0 Å². The topological polar surface area (TPSA) is 26.0 Å². The largest absolute Gasteiger partial charge is 0.416 e. The molecule has 0 heterocycles. The van der Waals surface area contributed by atoms with Gasteiger partial charge in [-0.05, 0) is 11.6 Å². The third-order valence-corrected chi connectivity index (χ3v) is 1.90. The summed E-state index contributed by atoms with van der Waals surface area (Å²) in [5, 5.41) is 0. The first-order valence-electron chi connectivity index (χ1n) is 4.04. The van der Waals surface area contributed by atoms with E-state index in [2.05, 4.69) is 0 Å². The molecule has 1 atom stereocenters. The van der Waals surface area contributed by atoms with Crippen molar-refractivity contribution in [3.05, 3.63) is 35.4 Å². The Hall–Kier alpha value is -1.17. The molecule has 0 aliphatic rings. The predicted molar refractivity (Wildman–Crippen MR) is 44.4 cm³/mol. The molecule has 0 aromatic heterocycles. The zero-order valence-corrected chi connectivity index (χ0v) is 7.43. The van der Waals surface area contributed by atoms with Crippen LogP contribution in [0.1, 0.15) is 17.2 Å². The molecular weight excluding hydrogens is 217 g/mol. The van der Waals surface area contributed by atoms with E-state index in [0.29, 0.717) is 0 Å². The summed E-state index contributed by atoms with van der Waals surface area (Å²) in [6.07, 6.45) is -7.68. The van der Waals surface area contributed by atoms with Gasteiger partial charge in [-0.25, -0.2) is 8.78 Å². The van der Waals surface area contributed by atoms with Crippen LogP contribution in [-0.4, -0.2) is 6.43 Å². The summed E-state index contributed by atoms with van der Waals surface area (Å²) < 4.78 is 61.5. The average Bonchev–Trinajstić information content (AvgIpc) is 2.15. The van der Waals surface area contributed by atoms with Crippen LogP contribution in [-0.2, 0) is 6.18 Å². The molecule has 6 heteroatoms. The maximum atomic E-state index is 12.4. The van der Waals surface area contributed by atoms with Crippen LogP contribution >= 0.6 is 0 Å². The monoisotopic (exact) mass is 225 g/mol. The van der Waals surface area contributed by atoms with Gasteiger partial charge in [-0.1, -0.05) is 18.2 Å². The lowest BCUT2D eigenvalue weighted by molar-refractivity contribution is -0.138. The number of rotatable bonds is 2. The van der Waals surface area contributed by atoms with E-state index in [9.17, 15) is 22.0 Å². The van der Waals surface area contributed by atoms with Gasteiger partial charge in [-0.2, -0.15) is 13.2 Å². The van der Waals surface area contributed by atoms with Crippen LogP contribution in [0.4, 0.5) is 22.0 Å². The highest BCUT2D eigenvalue weighted by Crippen LogP contribution is 2.35. The third kappa shape index (κ3) is 2.65. The first-order valence-corrected chi connectivity index (χ1v) is 4.04. The molecule has 1 rings (SSSR count). The molecule has 0 radical (unpaired) electrons. The molecule has 0 aliphatic heterocycles. The summed E-state index contributed by atoms with van der Waals surface area (Å²) in [6, 6.07) is 2.15. The molecule has 0 unspecified atom stereocenters. The summed E-state index contributed by atoms with van der Waals surface area (Å²) >= 11 is 0. The smallest absolute Gasteiger partial charge is 0.319 e. The Kier molecular flexibility index (Phi) is 3.28. The second kappa shape index (κ2) is 4.14. The minimum Gasteiger partial charge on any atom is -0.319 e. The van der Waals surface area contributed by atoms with E-state index in [4.69, 9.17) is 5.73 Å². The van der Waals surface area contributed by atoms with E-state index >= 15 is 0 Å². The number of nitrogens with two attached hydrogens (primary N) is 1. The van der Waals surface area contributed by atoms with Crippen LogP contribution in [0.3, 0.4) is 0 Å². The van der Waals surface area contributed by atoms with Crippen molar-refractivity contribution in [2.45, 2.75) is 18.6 Å². The van der Waals surface area contributed by atoms with Crippen LogP contribution < -0.4 is 5.73 Å². The molecule has 1 nitrogen and oxygen atoms in total. The molecular formula is C9H8F5N.